The van der Waals surface area contributed by atoms with Crippen LogP contribution in [-0.2, 0) is 14.8 Å². The first-order valence-electron chi connectivity index (χ1n) is 9.77. The van der Waals surface area contributed by atoms with Gasteiger partial charge >= 0.3 is 0 Å². The van der Waals surface area contributed by atoms with Gasteiger partial charge < -0.3 is 10.3 Å². The monoisotopic (exact) mass is 434 g/mol. The number of imidazole rings is 1. The Kier molecular flexibility index (Phi) is 5.58. The Morgan fingerprint density at radius 3 is 2.32 bits per heavy atom. The van der Waals surface area contributed by atoms with Gasteiger partial charge in [0.2, 0.25) is 15.9 Å². The van der Waals surface area contributed by atoms with Crippen molar-refractivity contribution in [1.29, 1.82) is 0 Å². The van der Waals surface area contributed by atoms with Crippen LogP contribution in [0.2, 0.25) is 0 Å². The second-order valence-corrected chi connectivity index (χ2v) is 9.04. The normalized spacial score (nSPS) is 12.6. The molecule has 7 nitrogen and oxygen atoms in total. The molecule has 1 aromatic heterocycles. The number of fused-ring (bicyclic) bond motifs is 1. The number of carbonyl (C=O) groups excluding carboxylic acids is 1. The van der Waals surface area contributed by atoms with Gasteiger partial charge in [0.05, 0.1) is 22.0 Å². The van der Waals surface area contributed by atoms with Crippen LogP contribution in [-0.4, -0.2) is 30.3 Å². The second kappa shape index (κ2) is 8.33. The lowest BCUT2D eigenvalue weighted by Gasteiger charge is -2.15. The fraction of sp³-hybridized carbons (Fsp3) is 0.130. The average Bonchev–Trinajstić information content (AvgIpc) is 3.18. The molecule has 8 heteroatoms. The van der Waals surface area contributed by atoms with Gasteiger partial charge in [-0.05, 0) is 62.4 Å². The van der Waals surface area contributed by atoms with E-state index in [0.29, 0.717) is 5.69 Å². The largest absolute Gasteiger partial charge is 0.338 e. The van der Waals surface area contributed by atoms with E-state index in [2.05, 4.69) is 20.0 Å². The number of aryl methyl sites for hydroxylation is 1. The Hall–Kier alpha value is -3.49. The molecule has 1 atom stereocenters. The van der Waals surface area contributed by atoms with Gasteiger partial charge in [-0.3, -0.25) is 4.79 Å². The number of hydrogen-bond acceptors (Lipinski definition) is 4. The average molecular weight is 435 g/mol. The molecule has 0 spiro atoms. The number of amides is 1. The first kappa shape index (κ1) is 20.8. The van der Waals surface area contributed by atoms with Crippen molar-refractivity contribution >= 4 is 32.7 Å². The van der Waals surface area contributed by atoms with E-state index < -0.39 is 22.0 Å². The van der Waals surface area contributed by atoms with E-state index in [1.165, 1.54) is 19.1 Å². The zero-order valence-electron chi connectivity index (χ0n) is 17.1. The topological polar surface area (TPSA) is 104 Å². The van der Waals surface area contributed by atoms with E-state index in [0.717, 1.165) is 28.0 Å². The smallest absolute Gasteiger partial charge is 0.242 e. The van der Waals surface area contributed by atoms with Crippen molar-refractivity contribution in [2.75, 3.05) is 5.32 Å². The van der Waals surface area contributed by atoms with Crippen LogP contribution in [0.4, 0.5) is 5.69 Å². The molecule has 4 aromatic rings. The van der Waals surface area contributed by atoms with Gasteiger partial charge in [-0.2, -0.15) is 4.72 Å². The van der Waals surface area contributed by atoms with Crippen LogP contribution in [0.5, 0.6) is 0 Å². The second-order valence-electron chi connectivity index (χ2n) is 7.33. The van der Waals surface area contributed by atoms with E-state index in [-0.39, 0.29) is 4.90 Å². The number of carbonyl (C=O) groups is 1. The maximum Gasteiger partial charge on any atom is 0.242 e. The predicted octanol–water partition coefficient (Wildman–Crippen LogP) is 3.84. The SMILES string of the molecule is Cc1ccc(S(=O)(=O)N[C@@H](C)C(=O)Nc2ccc(-c3nc4ccccc4[nH]3)cc2)cc1. The molecule has 0 fully saturated rings. The number of aromatic nitrogens is 2. The van der Waals surface area contributed by atoms with Crippen molar-refractivity contribution in [3.8, 4) is 11.4 Å². The van der Waals surface area contributed by atoms with Crippen molar-refractivity contribution in [3.63, 3.8) is 0 Å². The summed E-state index contributed by atoms with van der Waals surface area (Å²) in [6.07, 6.45) is 0. The third-order valence-corrected chi connectivity index (χ3v) is 6.43. The number of nitrogens with zero attached hydrogens (tertiary/aromatic N) is 1. The van der Waals surface area contributed by atoms with Gasteiger partial charge in [0, 0.05) is 11.3 Å². The first-order valence-corrected chi connectivity index (χ1v) is 11.3. The van der Waals surface area contributed by atoms with E-state index in [1.807, 2.05) is 43.3 Å². The zero-order valence-corrected chi connectivity index (χ0v) is 17.9. The van der Waals surface area contributed by atoms with E-state index in [1.54, 1.807) is 24.3 Å². The van der Waals surface area contributed by atoms with Gasteiger partial charge in [-0.15, -0.1) is 0 Å². The molecule has 4 rings (SSSR count). The number of hydrogen-bond donors (Lipinski definition) is 3. The van der Waals surface area contributed by atoms with Crippen LogP contribution in [0.25, 0.3) is 22.4 Å². The van der Waals surface area contributed by atoms with Gasteiger partial charge in [-0.25, -0.2) is 13.4 Å². The highest BCUT2D eigenvalue weighted by Crippen LogP contribution is 2.22. The van der Waals surface area contributed by atoms with Gasteiger partial charge in [-0.1, -0.05) is 29.8 Å². The molecule has 3 N–H and O–H groups in total. The molecular weight excluding hydrogens is 412 g/mol. The fourth-order valence-electron chi connectivity index (χ4n) is 3.12. The van der Waals surface area contributed by atoms with E-state index >= 15 is 0 Å². The first-order chi connectivity index (χ1) is 14.8. The molecule has 0 aliphatic carbocycles. The number of para-hydroxylation sites is 2. The lowest BCUT2D eigenvalue weighted by molar-refractivity contribution is -0.117. The Labute approximate surface area is 180 Å². The van der Waals surface area contributed by atoms with E-state index in [4.69, 9.17) is 0 Å². The van der Waals surface area contributed by atoms with Crippen LogP contribution in [0.3, 0.4) is 0 Å². The summed E-state index contributed by atoms with van der Waals surface area (Å²) in [6.45, 7) is 3.38. The van der Waals surface area contributed by atoms with Crippen molar-refractivity contribution in [1.82, 2.24) is 14.7 Å². The van der Waals surface area contributed by atoms with Crippen LogP contribution in [0.1, 0.15) is 12.5 Å². The minimum Gasteiger partial charge on any atom is -0.338 e. The van der Waals surface area contributed by atoms with Crippen LogP contribution in [0.15, 0.2) is 77.7 Å². The number of benzene rings is 3. The zero-order chi connectivity index (χ0) is 22.0. The van der Waals surface area contributed by atoms with Crippen molar-refractivity contribution < 1.29 is 13.2 Å². The van der Waals surface area contributed by atoms with Gasteiger partial charge in [0.1, 0.15) is 5.82 Å². The number of aromatic amines is 1. The molecular formula is C23H22N4O3S. The molecule has 0 aliphatic rings. The number of anilines is 1. The number of H-pyrrole nitrogens is 1. The minimum absolute atomic E-state index is 0.118. The molecule has 158 valence electrons. The fourth-order valence-corrected chi connectivity index (χ4v) is 4.33. The lowest BCUT2D eigenvalue weighted by Crippen LogP contribution is -2.41. The molecule has 0 saturated heterocycles. The maximum absolute atomic E-state index is 12.5. The van der Waals surface area contributed by atoms with Crippen molar-refractivity contribution in [2.24, 2.45) is 0 Å². The summed E-state index contributed by atoms with van der Waals surface area (Å²) >= 11 is 0. The molecule has 0 aliphatic heterocycles. The molecule has 31 heavy (non-hydrogen) atoms. The lowest BCUT2D eigenvalue weighted by atomic mass is 10.2. The Morgan fingerprint density at radius 2 is 1.65 bits per heavy atom. The molecule has 3 aromatic carbocycles. The Morgan fingerprint density at radius 1 is 0.968 bits per heavy atom. The summed E-state index contributed by atoms with van der Waals surface area (Å²) in [5.41, 5.74) is 4.22. The van der Waals surface area contributed by atoms with Gasteiger partial charge in [0.15, 0.2) is 0 Å². The summed E-state index contributed by atoms with van der Waals surface area (Å²) in [6, 6.07) is 20.5. The Bertz CT molecular complexity index is 1290. The highest BCUT2D eigenvalue weighted by molar-refractivity contribution is 7.89. The van der Waals surface area contributed by atoms with Crippen LogP contribution >= 0.6 is 0 Å². The van der Waals surface area contributed by atoms with Crippen LogP contribution < -0.4 is 10.0 Å². The minimum atomic E-state index is -3.79. The van der Waals surface area contributed by atoms with Crippen LogP contribution in [0, 0.1) is 6.92 Å². The third kappa shape index (κ3) is 4.65. The molecule has 0 unspecified atom stereocenters. The quantitative estimate of drug-likeness (QED) is 0.429. The highest BCUT2D eigenvalue weighted by atomic mass is 32.2. The summed E-state index contributed by atoms with van der Waals surface area (Å²) in [7, 11) is -3.79. The summed E-state index contributed by atoms with van der Waals surface area (Å²) in [4.78, 5) is 20.4. The highest BCUT2D eigenvalue weighted by Gasteiger charge is 2.22. The molecule has 0 radical (unpaired) electrons. The van der Waals surface area contributed by atoms with E-state index in [9.17, 15) is 13.2 Å². The maximum atomic E-state index is 12.5. The molecule has 0 bridgehead atoms. The predicted molar refractivity (Wildman–Crippen MR) is 121 cm³/mol. The van der Waals surface area contributed by atoms with Crippen molar-refractivity contribution in [2.45, 2.75) is 24.8 Å². The Balaban J connectivity index is 1.42. The third-order valence-electron chi connectivity index (χ3n) is 4.87. The summed E-state index contributed by atoms with van der Waals surface area (Å²) in [5.74, 6) is 0.283. The van der Waals surface area contributed by atoms with Crippen molar-refractivity contribution in [3.05, 3.63) is 78.4 Å². The number of rotatable bonds is 6. The number of nitrogens with one attached hydrogen (secondary N) is 3. The molecule has 1 amide bonds. The summed E-state index contributed by atoms with van der Waals surface area (Å²) in [5, 5.41) is 2.73. The molecule has 1 heterocycles. The summed E-state index contributed by atoms with van der Waals surface area (Å²) < 4.78 is 27.4. The number of sulfonamides is 1. The standard InChI is InChI=1S/C23H22N4O3S/c1-15-7-13-19(14-8-15)31(29,30)27-16(2)23(28)24-18-11-9-17(10-12-18)22-25-20-5-3-4-6-21(20)26-22/h3-14,16,27H,1-2H3,(H,24,28)(H,25,26)/t16-/m0/s1. The molecule has 0 saturated carbocycles. The van der Waals surface area contributed by atoms with Gasteiger partial charge in [0.25, 0.3) is 0 Å².